The molecule has 0 amide bonds. The van der Waals surface area contributed by atoms with Gasteiger partial charge in [-0.3, -0.25) is 0 Å². The molecule has 0 saturated carbocycles. The Labute approximate surface area is 121 Å². The van der Waals surface area contributed by atoms with Crippen LogP contribution in [0.1, 0.15) is 40.1 Å². The van der Waals surface area contributed by atoms with Crippen LogP contribution in [0.2, 0.25) is 0 Å². The molecular weight excluding hydrogens is 274 g/mol. The lowest BCUT2D eigenvalue weighted by Crippen LogP contribution is -2.07. The lowest BCUT2D eigenvalue weighted by Gasteiger charge is -2.14. The fourth-order valence-electron chi connectivity index (χ4n) is 2.37. The molecule has 1 aliphatic carbocycles. The average molecular weight is 291 g/mol. The van der Waals surface area contributed by atoms with Gasteiger partial charge in [0.2, 0.25) is 0 Å². The van der Waals surface area contributed by atoms with Crippen LogP contribution in [0.25, 0.3) is 0 Å². The van der Waals surface area contributed by atoms with E-state index in [1.807, 2.05) is 11.8 Å². The van der Waals surface area contributed by atoms with Crippen molar-refractivity contribution in [3.63, 3.8) is 0 Å². The highest BCUT2D eigenvalue weighted by atomic mass is 32.2. The van der Waals surface area contributed by atoms with Gasteiger partial charge in [0, 0.05) is 9.77 Å². The molecule has 0 saturated heterocycles. The van der Waals surface area contributed by atoms with Gasteiger partial charge in [0.1, 0.15) is 5.01 Å². The standard InChI is InChI=1S/C15H17NOS2/c1-10-5-2-3-7-12(10)18-9-14-16-15-11(17)6-4-8-13(15)19-14/h2-3,5,7,11,17H,4,6,8-9H2,1H3. The van der Waals surface area contributed by atoms with Crippen molar-refractivity contribution < 1.29 is 5.11 Å². The summed E-state index contributed by atoms with van der Waals surface area (Å²) in [6, 6.07) is 8.44. The van der Waals surface area contributed by atoms with Gasteiger partial charge >= 0.3 is 0 Å². The number of thiazole rings is 1. The highest BCUT2D eigenvalue weighted by Gasteiger charge is 2.22. The van der Waals surface area contributed by atoms with Crippen LogP contribution < -0.4 is 0 Å². The highest BCUT2D eigenvalue weighted by Crippen LogP contribution is 2.35. The van der Waals surface area contributed by atoms with Crippen LogP contribution in [0, 0.1) is 6.92 Å². The fraction of sp³-hybridized carbons (Fsp3) is 0.400. The molecule has 1 aromatic heterocycles. The van der Waals surface area contributed by atoms with Crippen molar-refractivity contribution in [1.29, 1.82) is 0 Å². The van der Waals surface area contributed by atoms with Gasteiger partial charge < -0.3 is 5.11 Å². The van der Waals surface area contributed by atoms with E-state index in [4.69, 9.17) is 0 Å². The van der Waals surface area contributed by atoms with Crippen LogP contribution in [0.5, 0.6) is 0 Å². The summed E-state index contributed by atoms with van der Waals surface area (Å²) in [6.07, 6.45) is 2.69. The Kier molecular flexibility index (Phi) is 3.91. The molecule has 1 aliphatic rings. The van der Waals surface area contributed by atoms with Crippen LogP contribution in [-0.4, -0.2) is 10.1 Å². The minimum absolute atomic E-state index is 0.336. The van der Waals surface area contributed by atoms with Gasteiger partial charge in [-0.25, -0.2) is 4.98 Å². The van der Waals surface area contributed by atoms with Gasteiger partial charge in [-0.2, -0.15) is 0 Å². The average Bonchev–Trinajstić information content (AvgIpc) is 2.82. The molecule has 0 radical (unpaired) electrons. The molecule has 4 heteroatoms. The first-order chi connectivity index (χ1) is 9.24. The van der Waals surface area contributed by atoms with Gasteiger partial charge in [-0.1, -0.05) is 18.2 Å². The maximum atomic E-state index is 9.94. The number of aliphatic hydroxyl groups is 1. The molecule has 0 aliphatic heterocycles. The van der Waals surface area contributed by atoms with E-state index in [0.29, 0.717) is 0 Å². The van der Waals surface area contributed by atoms with Crippen LogP contribution in [0.3, 0.4) is 0 Å². The van der Waals surface area contributed by atoms with E-state index in [9.17, 15) is 5.11 Å². The summed E-state index contributed by atoms with van der Waals surface area (Å²) < 4.78 is 0. The number of fused-ring (bicyclic) bond motifs is 1. The van der Waals surface area contributed by atoms with Gasteiger partial charge in [-0.05, 0) is 37.8 Å². The van der Waals surface area contributed by atoms with Crippen LogP contribution in [0.15, 0.2) is 29.2 Å². The van der Waals surface area contributed by atoms with Crippen LogP contribution in [0.4, 0.5) is 0 Å². The Morgan fingerprint density at radius 3 is 3.05 bits per heavy atom. The van der Waals surface area contributed by atoms with Gasteiger partial charge in [0.25, 0.3) is 0 Å². The van der Waals surface area contributed by atoms with E-state index in [1.54, 1.807) is 11.3 Å². The molecule has 1 heterocycles. The summed E-state index contributed by atoms with van der Waals surface area (Å²) in [7, 11) is 0. The number of thioether (sulfide) groups is 1. The maximum Gasteiger partial charge on any atom is 0.103 e. The van der Waals surface area contributed by atoms with E-state index in [2.05, 4.69) is 36.2 Å². The Morgan fingerprint density at radius 1 is 1.42 bits per heavy atom. The Morgan fingerprint density at radius 2 is 2.26 bits per heavy atom. The molecule has 3 rings (SSSR count). The molecule has 100 valence electrons. The number of aliphatic hydroxyl groups excluding tert-OH is 1. The quantitative estimate of drug-likeness (QED) is 0.864. The second-order valence-electron chi connectivity index (χ2n) is 4.88. The third-order valence-corrected chi connectivity index (χ3v) is 5.91. The zero-order valence-corrected chi connectivity index (χ0v) is 12.6. The highest BCUT2D eigenvalue weighted by molar-refractivity contribution is 7.98. The third kappa shape index (κ3) is 2.86. The van der Waals surface area contributed by atoms with Crippen molar-refractivity contribution >= 4 is 23.1 Å². The molecule has 1 N–H and O–H groups in total. The molecule has 0 bridgehead atoms. The maximum absolute atomic E-state index is 9.94. The van der Waals surface area contributed by atoms with E-state index < -0.39 is 0 Å². The van der Waals surface area contributed by atoms with Gasteiger partial charge in [0.05, 0.1) is 17.6 Å². The molecule has 1 aromatic carbocycles. The first kappa shape index (κ1) is 13.2. The molecule has 0 spiro atoms. The SMILES string of the molecule is Cc1ccccc1SCc1nc2c(s1)CCCC2O. The lowest BCUT2D eigenvalue weighted by molar-refractivity contribution is 0.153. The Bertz CT molecular complexity index is 579. The number of hydrogen-bond donors (Lipinski definition) is 1. The number of hydrogen-bond acceptors (Lipinski definition) is 4. The summed E-state index contributed by atoms with van der Waals surface area (Å²) in [5.41, 5.74) is 2.26. The number of rotatable bonds is 3. The van der Waals surface area contributed by atoms with Crippen molar-refractivity contribution in [1.82, 2.24) is 4.98 Å². The number of aryl methyl sites for hydroxylation is 2. The first-order valence-corrected chi connectivity index (χ1v) is 8.39. The van der Waals surface area contributed by atoms with Crippen molar-refractivity contribution in [2.24, 2.45) is 0 Å². The first-order valence-electron chi connectivity index (χ1n) is 6.59. The van der Waals surface area contributed by atoms with Crippen molar-refractivity contribution in [2.45, 2.75) is 42.9 Å². The topological polar surface area (TPSA) is 33.1 Å². The predicted molar refractivity (Wildman–Crippen MR) is 80.8 cm³/mol. The Hall–Kier alpha value is -0.840. The molecular formula is C15H17NOS2. The number of benzene rings is 1. The lowest BCUT2D eigenvalue weighted by atomic mass is 10.0. The van der Waals surface area contributed by atoms with E-state index in [0.717, 1.165) is 35.7 Å². The largest absolute Gasteiger partial charge is 0.387 e. The van der Waals surface area contributed by atoms with Crippen molar-refractivity contribution in [3.8, 4) is 0 Å². The summed E-state index contributed by atoms with van der Waals surface area (Å²) in [5, 5.41) is 11.1. The minimum atomic E-state index is -0.336. The molecule has 19 heavy (non-hydrogen) atoms. The van der Waals surface area contributed by atoms with Crippen molar-refractivity contribution in [2.75, 3.05) is 0 Å². The zero-order valence-electron chi connectivity index (χ0n) is 10.9. The normalized spacial score (nSPS) is 18.3. The molecule has 2 aromatic rings. The van der Waals surface area contributed by atoms with Crippen LogP contribution in [-0.2, 0) is 12.2 Å². The summed E-state index contributed by atoms with van der Waals surface area (Å²) in [5.74, 6) is 0.898. The van der Waals surface area contributed by atoms with Crippen LogP contribution >= 0.6 is 23.1 Å². The summed E-state index contributed by atoms with van der Waals surface area (Å²) in [4.78, 5) is 7.23. The second kappa shape index (κ2) is 5.65. The Balaban J connectivity index is 1.73. The minimum Gasteiger partial charge on any atom is -0.387 e. The van der Waals surface area contributed by atoms with Gasteiger partial charge in [-0.15, -0.1) is 23.1 Å². The number of nitrogens with zero attached hydrogens (tertiary/aromatic N) is 1. The van der Waals surface area contributed by atoms with E-state index >= 15 is 0 Å². The predicted octanol–water partition coefficient (Wildman–Crippen LogP) is 4.11. The summed E-state index contributed by atoms with van der Waals surface area (Å²) >= 11 is 3.60. The third-order valence-electron chi connectivity index (χ3n) is 3.41. The monoisotopic (exact) mass is 291 g/mol. The second-order valence-corrected chi connectivity index (χ2v) is 7.06. The zero-order chi connectivity index (χ0) is 13.2. The number of aromatic nitrogens is 1. The smallest absolute Gasteiger partial charge is 0.103 e. The van der Waals surface area contributed by atoms with E-state index in [1.165, 1.54) is 15.3 Å². The molecule has 2 nitrogen and oxygen atoms in total. The molecule has 0 fully saturated rings. The van der Waals surface area contributed by atoms with E-state index in [-0.39, 0.29) is 6.10 Å². The fourth-order valence-corrected chi connectivity index (χ4v) is 4.55. The summed E-state index contributed by atoms with van der Waals surface area (Å²) in [6.45, 7) is 2.14. The van der Waals surface area contributed by atoms with Crippen molar-refractivity contribution in [3.05, 3.63) is 45.4 Å². The molecule has 1 unspecified atom stereocenters. The molecule has 1 atom stereocenters. The van der Waals surface area contributed by atoms with Gasteiger partial charge in [0.15, 0.2) is 0 Å².